The number of benzene rings is 1. The van der Waals surface area contributed by atoms with Crippen LogP contribution in [0.25, 0.3) is 0 Å². The van der Waals surface area contributed by atoms with Crippen molar-refractivity contribution in [2.75, 3.05) is 11.6 Å². The third-order valence-corrected chi connectivity index (χ3v) is 2.53. The molecule has 0 saturated heterocycles. The van der Waals surface area contributed by atoms with Crippen molar-refractivity contribution in [3.63, 3.8) is 0 Å². The lowest BCUT2D eigenvalue weighted by Crippen LogP contribution is -2.20. The molecular weight excluding hydrogens is 208 g/mol. The SMILES string of the molecule is CC1CN(c2cccc([N+](=O)[O-])c2)N=C1N. The molecule has 6 heteroatoms. The average molecular weight is 220 g/mol. The smallest absolute Gasteiger partial charge is 0.271 e. The van der Waals surface area contributed by atoms with Crippen molar-refractivity contribution < 1.29 is 4.92 Å². The molecule has 1 aromatic rings. The molecule has 0 radical (unpaired) electrons. The first-order valence-corrected chi connectivity index (χ1v) is 4.94. The fraction of sp³-hybridized carbons (Fsp3) is 0.300. The van der Waals surface area contributed by atoms with Crippen LogP contribution in [0.5, 0.6) is 0 Å². The molecule has 6 nitrogen and oxygen atoms in total. The first-order valence-electron chi connectivity index (χ1n) is 4.94. The van der Waals surface area contributed by atoms with Gasteiger partial charge in [-0.15, -0.1) is 0 Å². The van der Waals surface area contributed by atoms with Gasteiger partial charge < -0.3 is 5.73 Å². The second-order valence-corrected chi connectivity index (χ2v) is 3.78. The monoisotopic (exact) mass is 220 g/mol. The van der Waals surface area contributed by atoms with Crippen LogP contribution in [0.1, 0.15) is 6.92 Å². The Balaban J connectivity index is 2.29. The van der Waals surface area contributed by atoms with E-state index in [0.717, 1.165) is 0 Å². The van der Waals surface area contributed by atoms with E-state index < -0.39 is 4.92 Å². The highest BCUT2D eigenvalue weighted by atomic mass is 16.6. The summed E-state index contributed by atoms with van der Waals surface area (Å²) in [7, 11) is 0. The van der Waals surface area contributed by atoms with Gasteiger partial charge in [-0.1, -0.05) is 13.0 Å². The minimum atomic E-state index is -0.421. The summed E-state index contributed by atoms with van der Waals surface area (Å²) in [6, 6.07) is 6.37. The van der Waals surface area contributed by atoms with Crippen LogP contribution in [0.2, 0.25) is 0 Å². The van der Waals surface area contributed by atoms with E-state index in [4.69, 9.17) is 5.73 Å². The van der Waals surface area contributed by atoms with Crippen LogP contribution in [0.4, 0.5) is 11.4 Å². The van der Waals surface area contributed by atoms with Gasteiger partial charge in [0, 0.05) is 18.1 Å². The highest BCUT2D eigenvalue weighted by Crippen LogP contribution is 2.24. The van der Waals surface area contributed by atoms with Gasteiger partial charge in [0.05, 0.1) is 17.2 Å². The predicted molar refractivity (Wildman–Crippen MR) is 61.2 cm³/mol. The summed E-state index contributed by atoms with van der Waals surface area (Å²) in [5.74, 6) is 0.741. The summed E-state index contributed by atoms with van der Waals surface area (Å²) in [5, 5.41) is 16.5. The zero-order chi connectivity index (χ0) is 11.7. The number of nitrogens with two attached hydrogens (primary N) is 1. The summed E-state index contributed by atoms with van der Waals surface area (Å²) in [4.78, 5) is 10.2. The number of nitro benzene ring substituents is 1. The Kier molecular flexibility index (Phi) is 2.47. The van der Waals surface area contributed by atoms with Crippen LogP contribution in [-0.2, 0) is 0 Å². The minimum Gasteiger partial charge on any atom is -0.385 e. The Morgan fingerprint density at radius 1 is 1.62 bits per heavy atom. The van der Waals surface area contributed by atoms with Crippen molar-refractivity contribution in [2.45, 2.75) is 6.92 Å². The Morgan fingerprint density at radius 3 is 2.94 bits per heavy atom. The Labute approximate surface area is 92.5 Å². The van der Waals surface area contributed by atoms with Crippen LogP contribution in [0.15, 0.2) is 29.4 Å². The number of anilines is 1. The molecule has 0 fully saturated rings. The molecular formula is C10H12N4O2. The number of hydrazone groups is 1. The number of non-ortho nitro benzene ring substituents is 1. The van der Waals surface area contributed by atoms with Gasteiger partial charge in [0.25, 0.3) is 5.69 Å². The molecule has 1 unspecified atom stereocenters. The van der Waals surface area contributed by atoms with Gasteiger partial charge in [0.2, 0.25) is 0 Å². The van der Waals surface area contributed by atoms with Crippen molar-refractivity contribution in [3.8, 4) is 0 Å². The van der Waals surface area contributed by atoms with Crippen molar-refractivity contribution in [3.05, 3.63) is 34.4 Å². The molecule has 2 rings (SSSR count). The molecule has 0 saturated carbocycles. The molecule has 1 aliphatic heterocycles. The van der Waals surface area contributed by atoms with Gasteiger partial charge in [-0.05, 0) is 6.07 Å². The Bertz CT molecular complexity index is 458. The molecule has 0 spiro atoms. The maximum absolute atomic E-state index is 10.6. The maximum atomic E-state index is 10.6. The van der Waals surface area contributed by atoms with E-state index in [0.29, 0.717) is 18.1 Å². The van der Waals surface area contributed by atoms with Crippen molar-refractivity contribution >= 4 is 17.2 Å². The molecule has 0 bridgehead atoms. The lowest BCUT2D eigenvalue weighted by molar-refractivity contribution is -0.384. The second kappa shape index (κ2) is 3.80. The number of nitro groups is 1. The number of amidine groups is 1. The van der Waals surface area contributed by atoms with Crippen molar-refractivity contribution in [1.82, 2.24) is 0 Å². The number of rotatable bonds is 2. The van der Waals surface area contributed by atoms with Gasteiger partial charge in [0.1, 0.15) is 5.84 Å². The predicted octanol–water partition coefficient (Wildman–Crippen LogP) is 1.32. The third kappa shape index (κ3) is 1.81. The summed E-state index contributed by atoms with van der Waals surface area (Å²) in [6.07, 6.45) is 0. The van der Waals surface area contributed by atoms with Gasteiger partial charge in [-0.3, -0.25) is 15.1 Å². The van der Waals surface area contributed by atoms with Crippen LogP contribution in [0, 0.1) is 16.0 Å². The lowest BCUT2D eigenvalue weighted by atomic mass is 10.2. The lowest BCUT2D eigenvalue weighted by Gasteiger charge is -2.13. The molecule has 0 aliphatic carbocycles. The highest BCUT2D eigenvalue weighted by molar-refractivity contribution is 5.86. The topological polar surface area (TPSA) is 84.8 Å². The van der Waals surface area contributed by atoms with Gasteiger partial charge in [-0.25, -0.2) is 0 Å². The largest absolute Gasteiger partial charge is 0.385 e. The molecule has 1 atom stereocenters. The molecule has 0 aromatic heterocycles. The maximum Gasteiger partial charge on any atom is 0.271 e. The number of hydrogen-bond acceptors (Lipinski definition) is 5. The standard InChI is InChI=1S/C10H12N4O2/c1-7-6-13(12-10(7)11)8-3-2-4-9(5-8)14(15)16/h2-5,7H,6H2,1H3,(H2,11,12). The van der Waals surface area contributed by atoms with Gasteiger partial charge in [0.15, 0.2) is 0 Å². The zero-order valence-corrected chi connectivity index (χ0v) is 8.83. The van der Waals surface area contributed by atoms with Crippen LogP contribution in [0.3, 0.4) is 0 Å². The summed E-state index contributed by atoms with van der Waals surface area (Å²) < 4.78 is 0. The van der Waals surface area contributed by atoms with E-state index in [-0.39, 0.29) is 11.6 Å². The summed E-state index contributed by atoms with van der Waals surface area (Å²) in [5.41, 5.74) is 6.44. The number of nitrogens with zero attached hydrogens (tertiary/aromatic N) is 3. The van der Waals surface area contributed by atoms with Crippen LogP contribution in [-0.4, -0.2) is 17.3 Å². The van der Waals surface area contributed by atoms with E-state index in [9.17, 15) is 10.1 Å². The molecule has 1 aliphatic rings. The molecule has 2 N–H and O–H groups in total. The molecule has 16 heavy (non-hydrogen) atoms. The van der Waals surface area contributed by atoms with Crippen LogP contribution >= 0.6 is 0 Å². The van der Waals surface area contributed by atoms with E-state index >= 15 is 0 Å². The third-order valence-electron chi connectivity index (χ3n) is 2.53. The fourth-order valence-corrected chi connectivity index (χ4v) is 1.56. The minimum absolute atomic E-state index is 0.0609. The second-order valence-electron chi connectivity index (χ2n) is 3.78. The number of hydrogen-bond donors (Lipinski definition) is 1. The molecule has 1 aromatic carbocycles. The normalized spacial score (nSPS) is 19.7. The molecule has 1 heterocycles. The Hall–Kier alpha value is -2.11. The zero-order valence-electron chi connectivity index (χ0n) is 8.83. The van der Waals surface area contributed by atoms with Crippen molar-refractivity contribution in [2.24, 2.45) is 16.8 Å². The quantitative estimate of drug-likeness (QED) is 0.601. The van der Waals surface area contributed by atoms with E-state index in [1.165, 1.54) is 12.1 Å². The molecule has 84 valence electrons. The Morgan fingerprint density at radius 2 is 2.38 bits per heavy atom. The van der Waals surface area contributed by atoms with E-state index in [1.54, 1.807) is 17.1 Å². The average Bonchev–Trinajstić information content (AvgIpc) is 2.59. The highest BCUT2D eigenvalue weighted by Gasteiger charge is 2.22. The van der Waals surface area contributed by atoms with Gasteiger partial charge >= 0.3 is 0 Å². The first kappa shape index (κ1) is 10.4. The van der Waals surface area contributed by atoms with E-state index in [2.05, 4.69) is 5.10 Å². The summed E-state index contributed by atoms with van der Waals surface area (Å²) >= 11 is 0. The van der Waals surface area contributed by atoms with E-state index in [1.807, 2.05) is 6.92 Å². The van der Waals surface area contributed by atoms with Crippen molar-refractivity contribution in [1.29, 1.82) is 0 Å². The first-order chi connectivity index (χ1) is 7.58. The molecule has 0 amide bonds. The van der Waals surface area contributed by atoms with Gasteiger partial charge in [-0.2, -0.15) is 5.10 Å². The summed E-state index contributed by atoms with van der Waals surface area (Å²) in [6.45, 7) is 2.63. The van der Waals surface area contributed by atoms with Crippen LogP contribution < -0.4 is 10.7 Å². The fourth-order valence-electron chi connectivity index (χ4n) is 1.56.